The summed E-state index contributed by atoms with van der Waals surface area (Å²) < 4.78 is 29.6. The molecule has 4 atom stereocenters. The number of hydrogen-bond donors (Lipinski definition) is 2. The first-order chi connectivity index (χ1) is 28.3. The highest BCUT2D eigenvalue weighted by molar-refractivity contribution is 6.30. The predicted octanol–water partition coefficient (Wildman–Crippen LogP) is 10.2. The topological polar surface area (TPSA) is 127 Å². The minimum atomic E-state index is -1.39. The van der Waals surface area contributed by atoms with Gasteiger partial charge in [0.1, 0.15) is 40.4 Å². The van der Waals surface area contributed by atoms with Gasteiger partial charge >= 0.3 is 12.2 Å². The van der Waals surface area contributed by atoms with Gasteiger partial charge in [-0.2, -0.15) is 0 Å². The second-order valence-corrected chi connectivity index (χ2v) is 18.0. The monoisotopic (exact) mass is 880 g/mol. The highest BCUT2D eigenvalue weighted by Gasteiger charge is 2.48. The molecule has 13 heteroatoms. The van der Waals surface area contributed by atoms with Crippen LogP contribution >= 0.6 is 23.2 Å². The minimum Gasteiger partial charge on any atom is -0.497 e. The number of carbonyl (C=O) groups excluding carboxylic acids is 2. The van der Waals surface area contributed by atoms with Crippen LogP contribution in [-0.2, 0) is 43.4 Å². The number of amides is 2. The van der Waals surface area contributed by atoms with Crippen molar-refractivity contribution in [3.8, 4) is 5.75 Å². The Morgan fingerprint density at radius 2 is 1.18 bits per heavy atom. The van der Waals surface area contributed by atoms with E-state index in [-0.39, 0.29) is 26.5 Å². The van der Waals surface area contributed by atoms with Crippen LogP contribution in [0.4, 0.5) is 9.59 Å². The van der Waals surface area contributed by atoms with Crippen LogP contribution in [-0.4, -0.2) is 88.9 Å². The normalized spacial score (nSPS) is 21.6. The number of aliphatic hydroxyl groups is 2. The molecule has 6 rings (SSSR count). The number of likely N-dealkylation sites (tertiary alicyclic amines) is 2. The third kappa shape index (κ3) is 13.6. The maximum absolute atomic E-state index is 13.1. The van der Waals surface area contributed by atoms with E-state index >= 15 is 0 Å². The summed E-state index contributed by atoms with van der Waals surface area (Å²) in [4.78, 5) is 28.2. The van der Waals surface area contributed by atoms with Crippen molar-refractivity contribution in [1.29, 1.82) is 0 Å². The molecule has 332 valence electrons. The molecule has 2 saturated heterocycles. The number of benzene rings is 4. The molecular formula is C48H62Cl2N2O9. The van der Waals surface area contributed by atoms with E-state index in [4.69, 9.17) is 46.9 Å². The van der Waals surface area contributed by atoms with E-state index in [0.29, 0.717) is 54.9 Å². The highest BCUT2D eigenvalue weighted by Crippen LogP contribution is 2.41. The van der Waals surface area contributed by atoms with E-state index in [1.807, 2.05) is 99.6 Å². The third-order valence-electron chi connectivity index (χ3n) is 10.3. The smallest absolute Gasteiger partial charge is 0.410 e. The molecule has 0 bridgehead atoms. The predicted molar refractivity (Wildman–Crippen MR) is 239 cm³/mol. The molecule has 4 aromatic carbocycles. The largest absolute Gasteiger partial charge is 0.497 e. The lowest BCUT2D eigenvalue weighted by atomic mass is 9.81. The molecule has 4 aromatic rings. The molecule has 0 aromatic heterocycles. The van der Waals surface area contributed by atoms with E-state index < -0.39 is 40.7 Å². The van der Waals surface area contributed by atoms with E-state index in [2.05, 4.69) is 0 Å². The van der Waals surface area contributed by atoms with Crippen LogP contribution in [0.15, 0.2) is 103 Å². The molecule has 2 aliphatic heterocycles. The number of rotatable bonds is 9. The Kier molecular flexibility index (Phi) is 17.1. The molecule has 0 unspecified atom stereocenters. The number of ether oxygens (including phenoxy) is 5. The van der Waals surface area contributed by atoms with Crippen molar-refractivity contribution < 1.29 is 43.5 Å². The number of piperidine rings is 2. The zero-order valence-electron chi connectivity index (χ0n) is 35.5. The minimum absolute atomic E-state index is 0. The summed E-state index contributed by atoms with van der Waals surface area (Å²) in [5, 5.41) is 22.3. The summed E-state index contributed by atoms with van der Waals surface area (Å²) in [6.07, 6.45) is -1.62. The second-order valence-electron chi connectivity index (χ2n) is 17.1. The van der Waals surface area contributed by atoms with Crippen LogP contribution in [0.3, 0.4) is 0 Å². The number of β-amino-alcohol motifs (C(OH)–C–C–N with tert-alkyl or cyclic N) is 1. The van der Waals surface area contributed by atoms with Crippen LogP contribution in [0.25, 0.3) is 0 Å². The number of nitrogens with zero attached hydrogens (tertiary/aromatic N) is 2. The lowest BCUT2D eigenvalue weighted by Crippen LogP contribution is -2.57. The van der Waals surface area contributed by atoms with Crippen molar-refractivity contribution >= 4 is 35.4 Å². The summed E-state index contributed by atoms with van der Waals surface area (Å²) in [6, 6.07) is 32.2. The first kappa shape index (κ1) is 49.3. The van der Waals surface area contributed by atoms with Crippen molar-refractivity contribution in [3.63, 3.8) is 0 Å². The molecule has 0 spiro atoms. The van der Waals surface area contributed by atoms with Crippen molar-refractivity contribution in [2.24, 2.45) is 0 Å². The molecule has 0 radical (unpaired) electrons. The molecule has 2 aliphatic rings. The summed E-state index contributed by atoms with van der Waals surface area (Å²) >= 11 is 12.1. The van der Waals surface area contributed by atoms with Crippen molar-refractivity contribution in [2.75, 3.05) is 33.3 Å². The van der Waals surface area contributed by atoms with Crippen LogP contribution in [0.5, 0.6) is 5.75 Å². The first-order valence-electron chi connectivity index (χ1n) is 20.1. The van der Waals surface area contributed by atoms with Gasteiger partial charge in [-0.25, -0.2) is 9.59 Å². The van der Waals surface area contributed by atoms with Gasteiger partial charge < -0.3 is 43.7 Å². The Labute approximate surface area is 371 Å². The number of hydrogen-bond acceptors (Lipinski definition) is 9. The summed E-state index contributed by atoms with van der Waals surface area (Å²) in [5.74, 6) is 0.782. The van der Waals surface area contributed by atoms with Crippen molar-refractivity contribution in [1.82, 2.24) is 9.80 Å². The first-order valence-corrected chi connectivity index (χ1v) is 20.9. The fourth-order valence-corrected chi connectivity index (χ4v) is 7.34. The molecule has 0 aliphatic carbocycles. The average Bonchev–Trinajstić information content (AvgIpc) is 3.20. The molecule has 2 amide bonds. The molecule has 0 saturated carbocycles. The third-order valence-corrected chi connectivity index (χ3v) is 10.8. The lowest BCUT2D eigenvalue weighted by Gasteiger charge is -2.47. The summed E-state index contributed by atoms with van der Waals surface area (Å²) in [7, 11) is 1.64. The van der Waals surface area contributed by atoms with Crippen LogP contribution < -0.4 is 4.74 Å². The van der Waals surface area contributed by atoms with E-state index in [9.17, 15) is 19.8 Å². The van der Waals surface area contributed by atoms with Gasteiger partial charge in [-0.3, -0.25) is 0 Å². The zero-order valence-corrected chi connectivity index (χ0v) is 37.0. The van der Waals surface area contributed by atoms with Gasteiger partial charge in [0.15, 0.2) is 0 Å². The Morgan fingerprint density at radius 3 is 1.69 bits per heavy atom. The maximum Gasteiger partial charge on any atom is 0.410 e. The Bertz CT molecular complexity index is 1990. The zero-order chi connectivity index (χ0) is 43.7. The van der Waals surface area contributed by atoms with Gasteiger partial charge in [-0.1, -0.05) is 97.4 Å². The Morgan fingerprint density at radius 1 is 0.689 bits per heavy atom. The van der Waals surface area contributed by atoms with Gasteiger partial charge in [-0.15, -0.1) is 0 Å². The quantitative estimate of drug-likeness (QED) is 0.169. The van der Waals surface area contributed by atoms with Gasteiger partial charge in [-0.05, 0) is 100 Å². The number of methoxy groups -OCH3 is 1. The van der Waals surface area contributed by atoms with Gasteiger partial charge in [0.25, 0.3) is 0 Å². The van der Waals surface area contributed by atoms with E-state index in [1.54, 1.807) is 57.0 Å². The van der Waals surface area contributed by atoms with Gasteiger partial charge in [0.2, 0.25) is 0 Å². The Hall–Kier alpha value is -4.36. The molecular weight excluding hydrogens is 819 g/mol. The number of aliphatic hydroxyl groups excluding tert-OH is 1. The SMILES string of the molecule is C.CC(C)(C)OC(=O)N1CC[C@@](O)(c2ccc(Cl)cc2)[C@H](O)C1.COc1ccc(CO[C@@H]2CN(C(=O)OC(C)(C)C)CC[C@@]2(OCc2ccccc2)c2ccc(Cl)cc2)cc1. The van der Waals surface area contributed by atoms with Crippen molar-refractivity contribution in [3.05, 3.63) is 135 Å². The molecule has 2 fully saturated rings. The highest BCUT2D eigenvalue weighted by atomic mass is 35.5. The summed E-state index contributed by atoms with van der Waals surface area (Å²) in [6.45, 7) is 12.8. The molecule has 11 nitrogen and oxygen atoms in total. The molecule has 61 heavy (non-hydrogen) atoms. The van der Waals surface area contributed by atoms with Crippen LogP contribution in [0, 0.1) is 0 Å². The average molecular weight is 882 g/mol. The fraction of sp³-hybridized carbons (Fsp3) is 0.458. The van der Waals surface area contributed by atoms with Gasteiger partial charge in [0.05, 0.1) is 33.4 Å². The second kappa shape index (κ2) is 21.1. The summed E-state index contributed by atoms with van der Waals surface area (Å²) in [5.41, 5.74) is 0.234. The fourth-order valence-electron chi connectivity index (χ4n) is 7.09. The standard InChI is InChI=1S/C31H36ClNO5.C16H22ClNO4.CH4/c1-30(2,3)38-29(34)33-19-18-31(25-12-14-26(32)15-13-25,37-22-23-8-6-5-7-9-23)28(20-33)36-21-24-10-16-27(35-4)17-11-24;1-15(2,3)22-14(20)18-9-8-16(21,13(19)10-18)11-4-6-12(17)7-5-11;/h5-17,28H,18-22H2,1-4H3;4-7,13,19,21H,8-10H2,1-3H3;1H4/t28-,31-;13-,16-;/m11./s1. The lowest BCUT2D eigenvalue weighted by molar-refractivity contribution is -0.191. The van der Waals surface area contributed by atoms with Crippen LogP contribution in [0.1, 0.15) is 84.1 Å². The number of carbonyl (C=O) groups is 2. The molecule has 2 N–H and O–H groups in total. The van der Waals surface area contributed by atoms with Crippen molar-refractivity contribution in [2.45, 2.75) is 110 Å². The van der Waals surface area contributed by atoms with E-state index in [1.165, 1.54) is 4.90 Å². The van der Waals surface area contributed by atoms with Crippen LogP contribution in [0.2, 0.25) is 10.0 Å². The maximum atomic E-state index is 13.1. The van der Waals surface area contributed by atoms with E-state index in [0.717, 1.165) is 22.4 Å². The number of halogens is 2. The molecule has 2 heterocycles. The Balaban J connectivity index is 0.000000304. The van der Waals surface area contributed by atoms with Gasteiger partial charge in [0, 0.05) is 36.0 Å².